The zero-order valence-electron chi connectivity index (χ0n) is 23.7. The molecule has 1 amide bonds. The summed E-state index contributed by atoms with van der Waals surface area (Å²) in [4.78, 5) is 13.4. The molecule has 3 nitrogen and oxygen atoms in total. The number of anilines is 1. The van der Waals surface area contributed by atoms with Gasteiger partial charge in [-0.25, -0.2) is 0 Å². The van der Waals surface area contributed by atoms with E-state index in [-0.39, 0.29) is 5.91 Å². The molecule has 0 heterocycles. The van der Waals surface area contributed by atoms with E-state index in [4.69, 9.17) is 23.2 Å². The Labute approximate surface area is 241 Å². The number of hydrogen-bond acceptors (Lipinski definition) is 2. The van der Waals surface area contributed by atoms with Crippen molar-refractivity contribution in [3.05, 3.63) is 59.2 Å². The number of aromatic hydroxyl groups is 1. The molecule has 2 rings (SSSR count). The number of phenolic OH excluding ortho intramolecular Hbond substituents is 1. The third-order valence-electron chi connectivity index (χ3n) is 7.29. The van der Waals surface area contributed by atoms with Crippen molar-refractivity contribution in [3.8, 4) is 5.75 Å². The lowest BCUT2D eigenvalue weighted by atomic mass is 9.95. The molecule has 5 heteroatoms. The average molecular weight is 563 g/mol. The second kappa shape index (κ2) is 19.4. The zero-order valence-corrected chi connectivity index (χ0v) is 25.2. The first-order valence-electron chi connectivity index (χ1n) is 15.0. The number of phenols is 1. The van der Waals surface area contributed by atoms with Gasteiger partial charge in [0.2, 0.25) is 0 Å². The molecular weight excluding hydrogens is 513 g/mol. The van der Waals surface area contributed by atoms with E-state index in [0.717, 1.165) is 48.1 Å². The summed E-state index contributed by atoms with van der Waals surface area (Å²) in [6, 6.07) is 13.7. The predicted molar refractivity (Wildman–Crippen MR) is 165 cm³/mol. The molecule has 0 radical (unpaired) electrons. The average Bonchev–Trinajstić information content (AvgIpc) is 2.92. The van der Waals surface area contributed by atoms with Gasteiger partial charge in [-0.05, 0) is 54.5 Å². The quantitative estimate of drug-likeness (QED) is 0.129. The lowest BCUT2D eigenvalue weighted by Crippen LogP contribution is -2.34. The highest BCUT2D eigenvalue weighted by Gasteiger charge is 2.23. The predicted octanol–water partition coefficient (Wildman–Crippen LogP) is 10.3. The zero-order chi connectivity index (χ0) is 27.6. The Bertz CT molecular complexity index is 877. The van der Waals surface area contributed by atoms with E-state index in [1.165, 1.54) is 77.0 Å². The van der Waals surface area contributed by atoms with Gasteiger partial charge in [0.1, 0.15) is 5.75 Å². The van der Waals surface area contributed by atoms with E-state index >= 15 is 0 Å². The van der Waals surface area contributed by atoms with Gasteiger partial charge in [-0.2, -0.15) is 0 Å². The molecule has 1 N–H and O–H groups in total. The summed E-state index contributed by atoms with van der Waals surface area (Å²) in [5, 5.41) is 11.2. The summed E-state index contributed by atoms with van der Waals surface area (Å²) in [6.07, 6.45) is 19.0. The van der Waals surface area contributed by atoms with Gasteiger partial charge in [0, 0.05) is 5.69 Å². The van der Waals surface area contributed by atoms with Crippen molar-refractivity contribution in [2.75, 3.05) is 4.90 Å². The number of amides is 1. The normalized spacial score (nSPS) is 11.3. The first kappa shape index (κ1) is 32.5. The minimum atomic E-state index is -1.13. The number of alkyl halides is 2. The maximum atomic E-state index is 12.9. The molecule has 0 fully saturated rings. The first-order valence-corrected chi connectivity index (χ1v) is 15.8. The Morgan fingerprint density at radius 2 is 1.18 bits per heavy atom. The number of carbonyl (C=O) groups excluding carboxylic acids is 1. The summed E-state index contributed by atoms with van der Waals surface area (Å²) < 4.78 is 0. The summed E-state index contributed by atoms with van der Waals surface area (Å²) in [6.45, 7) is 4.85. The maximum Gasteiger partial charge on any atom is 0.260 e. The molecular formula is C33H49Cl2NO2. The van der Waals surface area contributed by atoms with Crippen molar-refractivity contribution in [1.82, 2.24) is 0 Å². The molecule has 0 bridgehead atoms. The van der Waals surface area contributed by atoms with Gasteiger partial charge in [0.15, 0.2) is 4.84 Å². The third kappa shape index (κ3) is 12.0. The molecule has 0 saturated heterocycles. The van der Waals surface area contributed by atoms with Crippen LogP contribution in [0.5, 0.6) is 5.75 Å². The van der Waals surface area contributed by atoms with Crippen LogP contribution in [-0.4, -0.2) is 15.8 Å². The van der Waals surface area contributed by atoms with E-state index in [1.807, 2.05) is 30.3 Å². The number of halogens is 2. The van der Waals surface area contributed by atoms with Crippen LogP contribution in [0, 0.1) is 0 Å². The van der Waals surface area contributed by atoms with Crippen LogP contribution in [0.25, 0.3) is 0 Å². The molecule has 2 aromatic carbocycles. The number of para-hydroxylation sites is 1. The molecule has 0 saturated carbocycles. The molecule has 0 spiro atoms. The van der Waals surface area contributed by atoms with Gasteiger partial charge < -0.3 is 10.0 Å². The summed E-state index contributed by atoms with van der Waals surface area (Å²) in [5.74, 6) is 0.103. The van der Waals surface area contributed by atoms with E-state index < -0.39 is 4.84 Å². The molecule has 2 aromatic rings. The third-order valence-corrected chi connectivity index (χ3v) is 7.66. The van der Waals surface area contributed by atoms with Crippen molar-refractivity contribution in [3.63, 3.8) is 0 Å². The molecule has 0 aliphatic carbocycles. The number of carbonyl (C=O) groups is 1. The Morgan fingerprint density at radius 1 is 0.737 bits per heavy atom. The number of rotatable bonds is 20. The van der Waals surface area contributed by atoms with E-state index in [0.29, 0.717) is 12.3 Å². The van der Waals surface area contributed by atoms with Crippen molar-refractivity contribution in [2.24, 2.45) is 0 Å². The minimum absolute atomic E-state index is 0.338. The Balaban J connectivity index is 2.16. The first-order chi connectivity index (χ1) is 18.5. The van der Waals surface area contributed by atoms with Crippen molar-refractivity contribution in [1.29, 1.82) is 0 Å². The fourth-order valence-electron chi connectivity index (χ4n) is 5.05. The van der Waals surface area contributed by atoms with Gasteiger partial charge in [0.25, 0.3) is 5.91 Å². The molecule has 0 aliphatic rings. The van der Waals surface area contributed by atoms with E-state index in [2.05, 4.69) is 26.0 Å². The Kier molecular flexibility index (Phi) is 16.6. The topological polar surface area (TPSA) is 40.5 Å². The SMILES string of the molecule is CCCCCCCCCc1cc(CN(C(=O)C(Cl)Cl)c2ccccc2)cc(CCCCCCCCC)c1O. The van der Waals surface area contributed by atoms with Crippen LogP contribution in [0.4, 0.5) is 5.69 Å². The van der Waals surface area contributed by atoms with Crippen LogP contribution in [0.15, 0.2) is 42.5 Å². The van der Waals surface area contributed by atoms with Crippen LogP contribution >= 0.6 is 23.2 Å². The van der Waals surface area contributed by atoms with Crippen molar-refractivity contribution >= 4 is 34.8 Å². The highest BCUT2D eigenvalue weighted by molar-refractivity contribution is 6.54. The van der Waals surface area contributed by atoms with Crippen LogP contribution in [0.3, 0.4) is 0 Å². The number of aryl methyl sites for hydroxylation is 2. The van der Waals surface area contributed by atoms with Crippen molar-refractivity contribution in [2.45, 2.75) is 128 Å². The smallest absolute Gasteiger partial charge is 0.260 e. The van der Waals surface area contributed by atoms with Gasteiger partial charge in [0.05, 0.1) is 6.54 Å². The van der Waals surface area contributed by atoms with Crippen LogP contribution in [-0.2, 0) is 24.2 Å². The van der Waals surface area contributed by atoms with Crippen LogP contribution in [0.2, 0.25) is 0 Å². The highest BCUT2D eigenvalue weighted by Crippen LogP contribution is 2.30. The lowest BCUT2D eigenvalue weighted by Gasteiger charge is -2.24. The Morgan fingerprint density at radius 3 is 1.63 bits per heavy atom. The van der Waals surface area contributed by atoms with Crippen LogP contribution < -0.4 is 4.90 Å². The van der Waals surface area contributed by atoms with Gasteiger partial charge >= 0.3 is 0 Å². The maximum absolute atomic E-state index is 12.9. The van der Waals surface area contributed by atoms with E-state index in [1.54, 1.807) is 4.90 Å². The summed E-state index contributed by atoms with van der Waals surface area (Å²) in [7, 11) is 0. The number of unbranched alkanes of at least 4 members (excludes halogenated alkanes) is 12. The number of hydrogen-bond donors (Lipinski definition) is 1. The number of benzene rings is 2. The molecule has 0 atom stereocenters. The number of nitrogens with zero attached hydrogens (tertiary/aromatic N) is 1. The molecule has 38 heavy (non-hydrogen) atoms. The molecule has 0 unspecified atom stereocenters. The monoisotopic (exact) mass is 561 g/mol. The Hall–Kier alpha value is -1.71. The lowest BCUT2D eigenvalue weighted by molar-refractivity contribution is -0.117. The summed E-state index contributed by atoms with van der Waals surface area (Å²) >= 11 is 12.0. The largest absolute Gasteiger partial charge is 0.507 e. The standard InChI is InChI=1S/C33H49Cl2NO2/c1-3-5-7-9-11-13-16-20-28-24-27(25-29(31(28)37)21-17-14-12-10-8-6-4-2)26-36(33(38)32(34)35)30-22-18-15-19-23-30/h15,18-19,22-25,32,37H,3-14,16-17,20-21,26H2,1-2H3. The van der Waals surface area contributed by atoms with Gasteiger partial charge in [-0.1, -0.05) is 144 Å². The van der Waals surface area contributed by atoms with Crippen LogP contribution in [0.1, 0.15) is 120 Å². The van der Waals surface area contributed by atoms with Gasteiger partial charge in [-0.15, -0.1) is 0 Å². The van der Waals surface area contributed by atoms with Gasteiger partial charge in [-0.3, -0.25) is 4.79 Å². The second-order valence-electron chi connectivity index (χ2n) is 10.6. The van der Waals surface area contributed by atoms with E-state index in [9.17, 15) is 9.90 Å². The highest BCUT2D eigenvalue weighted by atomic mass is 35.5. The van der Waals surface area contributed by atoms with Crippen molar-refractivity contribution < 1.29 is 9.90 Å². The molecule has 0 aromatic heterocycles. The fourth-order valence-corrected chi connectivity index (χ4v) is 5.29. The fraction of sp³-hybridized carbons (Fsp3) is 0.606. The second-order valence-corrected chi connectivity index (χ2v) is 11.7. The summed E-state index contributed by atoms with van der Waals surface area (Å²) in [5.41, 5.74) is 3.74. The molecule has 212 valence electrons. The molecule has 0 aliphatic heterocycles. The minimum Gasteiger partial charge on any atom is -0.507 e.